The van der Waals surface area contributed by atoms with Gasteiger partial charge in [0.25, 0.3) is 0 Å². The Morgan fingerprint density at radius 2 is 2.13 bits per heavy atom. The van der Waals surface area contributed by atoms with Crippen LogP contribution in [0.25, 0.3) is 11.1 Å². The molecule has 2 rings (SSSR count). The number of nitrogens with zero attached hydrogens (tertiary/aromatic N) is 2. The van der Waals surface area contributed by atoms with Crippen LogP contribution in [-0.2, 0) is 0 Å². The van der Waals surface area contributed by atoms with Crippen LogP contribution < -0.4 is 0 Å². The first-order chi connectivity index (χ1) is 7.18. The van der Waals surface area contributed by atoms with E-state index >= 15 is 0 Å². The third-order valence-corrected chi connectivity index (χ3v) is 2.43. The highest BCUT2D eigenvalue weighted by Crippen LogP contribution is 2.26. The highest BCUT2D eigenvalue weighted by Gasteiger charge is 2.06. The quantitative estimate of drug-likeness (QED) is 0.693. The first-order valence-corrected chi connectivity index (χ1v) is 4.78. The zero-order valence-corrected chi connectivity index (χ0v) is 8.79. The zero-order valence-electron chi connectivity index (χ0n) is 8.04. The van der Waals surface area contributed by atoms with Gasteiger partial charge in [0.15, 0.2) is 0 Å². The van der Waals surface area contributed by atoms with Crippen molar-refractivity contribution in [1.29, 1.82) is 0 Å². The fraction of sp³-hybridized carbons (Fsp3) is 0.0909. The number of hydrogen-bond donors (Lipinski definition) is 0. The molecule has 0 N–H and O–H groups in total. The summed E-state index contributed by atoms with van der Waals surface area (Å²) in [6.45, 7) is 1.70. The highest BCUT2D eigenvalue weighted by molar-refractivity contribution is 6.32. The molecule has 2 nitrogen and oxygen atoms in total. The number of rotatable bonds is 1. The van der Waals surface area contributed by atoms with Crippen molar-refractivity contribution in [2.75, 3.05) is 0 Å². The van der Waals surface area contributed by atoms with Crippen molar-refractivity contribution >= 4 is 11.6 Å². The first kappa shape index (κ1) is 10.1. The van der Waals surface area contributed by atoms with E-state index in [9.17, 15) is 4.39 Å². The summed E-state index contributed by atoms with van der Waals surface area (Å²) in [4.78, 5) is 7.75. The van der Waals surface area contributed by atoms with Crippen LogP contribution in [0.15, 0.2) is 30.7 Å². The van der Waals surface area contributed by atoms with E-state index in [0.717, 1.165) is 5.56 Å². The molecule has 0 unspecified atom stereocenters. The Balaban J connectivity index is 2.55. The lowest BCUT2D eigenvalue weighted by Gasteiger charge is -2.04. The van der Waals surface area contributed by atoms with Gasteiger partial charge in [-0.2, -0.15) is 0 Å². The molecule has 2 aromatic rings. The van der Waals surface area contributed by atoms with Crippen molar-refractivity contribution in [3.05, 3.63) is 47.3 Å². The van der Waals surface area contributed by atoms with Gasteiger partial charge in [0.1, 0.15) is 17.3 Å². The fourth-order valence-electron chi connectivity index (χ4n) is 1.32. The smallest absolute Gasteiger partial charge is 0.140 e. The van der Waals surface area contributed by atoms with Crippen molar-refractivity contribution in [2.24, 2.45) is 0 Å². The minimum absolute atomic E-state index is 0.230. The molecular formula is C11H8ClFN2. The van der Waals surface area contributed by atoms with Crippen LogP contribution in [0.3, 0.4) is 0 Å². The molecule has 1 aromatic carbocycles. The van der Waals surface area contributed by atoms with Gasteiger partial charge < -0.3 is 0 Å². The summed E-state index contributed by atoms with van der Waals surface area (Å²) in [7, 11) is 0. The third kappa shape index (κ3) is 1.97. The van der Waals surface area contributed by atoms with Crippen molar-refractivity contribution in [2.45, 2.75) is 6.92 Å². The Kier molecular flexibility index (Phi) is 2.64. The standard InChI is InChI=1S/C11H8ClFN2/c1-7-4-8(2-3-10(7)13)9-5-14-6-15-11(9)12/h2-6H,1H3. The Labute approximate surface area is 91.8 Å². The molecule has 0 aliphatic carbocycles. The van der Waals surface area contributed by atoms with Crippen molar-refractivity contribution in [1.82, 2.24) is 9.97 Å². The highest BCUT2D eigenvalue weighted by atomic mass is 35.5. The lowest BCUT2D eigenvalue weighted by molar-refractivity contribution is 0.619. The van der Waals surface area contributed by atoms with Gasteiger partial charge in [-0.05, 0) is 30.2 Å². The monoisotopic (exact) mass is 222 g/mol. The molecule has 0 radical (unpaired) electrons. The minimum atomic E-state index is -0.230. The minimum Gasteiger partial charge on any atom is -0.244 e. The predicted octanol–water partition coefficient (Wildman–Crippen LogP) is 3.24. The van der Waals surface area contributed by atoms with Gasteiger partial charge >= 0.3 is 0 Å². The first-order valence-electron chi connectivity index (χ1n) is 4.40. The summed E-state index contributed by atoms with van der Waals surface area (Å²) >= 11 is 5.91. The molecule has 76 valence electrons. The lowest BCUT2D eigenvalue weighted by atomic mass is 10.1. The number of aromatic nitrogens is 2. The molecule has 0 bridgehead atoms. The van der Waals surface area contributed by atoms with Gasteiger partial charge in [-0.1, -0.05) is 17.7 Å². The molecule has 1 heterocycles. The second-order valence-electron chi connectivity index (χ2n) is 3.19. The molecule has 0 spiro atoms. The molecule has 0 atom stereocenters. The predicted molar refractivity (Wildman–Crippen MR) is 57.2 cm³/mol. The van der Waals surface area contributed by atoms with Crippen LogP contribution in [0.1, 0.15) is 5.56 Å². The molecule has 0 amide bonds. The molecule has 0 fully saturated rings. The van der Waals surface area contributed by atoms with E-state index in [2.05, 4.69) is 9.97 Å². The average molecular weight is 223 g/mol. The maximum Gasteiger partial charge on any atom is 0.140 e. The van der Waals surface area contributed by atoms with Crippen LogP contribution in [0.4, 0.5) is 4.39 Å². The van der Waals surface area contributed by atoms with Gasteiger partial charge in [0.2, 0.25) is 0 Å². The Morgan fingerprint density at radius 3 is 2.80 bits per heavy atom. The number of hydrogen-bond acceptors (Lipinski definition) is 2. The number of aryl methyl sites for hydroxylation is 1. The topological polar surface area (TPSA) is 25.8 Å². The van der Waals surface area contributed by atoms with Gasteiger partial charge in [-0.15, -0.1) is 0 Å². The van der Waals surface area contributed by atoms with Crippen LogP contribution in [0, 0.1) is 12.7 Å². The summed E-state index contributed by atoms with van der Waals surface area (Å²) in [5.41, 5.74) is 2.11. The van der Waals surface area contributed by atoms with Gasteiger partial charge in [0.05, 0.1) is 0 Å². The summed E-state index contributed by atoms with van der Waals surface area (Å²) in [5, 5.41) is 0.371. The molecule has 1 aromatic heterocycles. The molecule has 0 saturated heterocycles. The summed E-state index contributed by atoms with van der Waals surface area (Å²) in [6.07, 6.45) is 2.99. The van der Waals surface area contributed by atoms with Crippen molar-refractivity contribution < 1.29 is 4.39 Å². The molecule has 15 heavy (non-hydrogen) atoms. The van der Waals surface area contributed by atoms with E-state index in [0.29, 0.717) is 16.3 Å². The van der Waals surface area contributed by atoms with Crippen molar-refractivity contribution in [3.8, 4) is 11.1 Å². The number of halogens is 2. The molecule has 0 aliphatic heterocycles. The second kappa shape index (κ2) is 3.95. The van der Waals surface area contributed by atoms with E-state index in [1.807, 2.05) is 0 Å². The van der Waals surface area contributed by atoms with Crippen LogP contribution in [-0.4, -0.2) is 9.97 Å². The normalized spacial score (nSPS) is 10.3. The second-order valence-corrected chi connectivity index (χ2v) is 3.55. The zero-order chi connectivity index (χ0) is 10.8. The Hall–Kier alpha value is -1.48. The lowest BCUT2D eigenvalue weighted by Crippen LogP contribution is -1.88. The third-order valence-electron chi connectivity index (χ3n) is 2.13. The maximum absolute atomic E-state index is 13.1. The van der Waals surface area contributed by atoms with E-state index in [4.69, 9.17) is 11.6 Å². The maximum atomic E-state index is 13.1. The van der Waals surface area contributed by atoms with Crippen LogP contribution in [0.2, 0.25) is 5.15 Å². The summed E-state index contributed by atoms with van der Waals surface area (Å²) < 4.78 is 13.1. The largest absolute Gasteiger partial charge is 0.244 e. The molecular weight excluding hydrogens is 215 g/mol. The molecule has 0 aliphatic rings. The average Bonchev–Trinajstić information content (AvgIpc) is 2.23. The van der Waals surface area contributed by atoms with Crippen LogP contribution >= 0.6 is 11.6 Å². The molecule has 4 heteroatoms. The SMILES string of the molecule is Cc1cc(-c2cncnc2Cl)ccc1F. The van der Waals surface area contributed by atoms with E-state index in [1.54, 1.807) is 25.3 Å². The van der Waals surface area contributed by atoms with E-state index in [-0.39, 0.29) is 5.82 Å². The molecule has 0 saturated carbocycles. The Morgan fingerprint density at radius 1 is 1.33 bits per heavy atom. The van der Waals surface area contributed by atoms with Crippen LogP contribution in [0.5, 0.6) is 0 Å². The summed E-state index contributed by atoms with van der Waals surface area (Å²) in [6, 6.07) is 4.79. The van der Waals surface area contributed by atoms with Gasteiger partial charge in [0, 0.05) is 11.8 Å². The van der Waals surface area contributed by atoms with Crippen molar-refractivity contribution in [3.63, 3.8) is 0 Å². The van der Waals surface area contributed by atoms with Gasteiger partial charge in [-0.25, -0.2) is 14.4 Å². The van der Waals surface area contributed by atoms with Gasteiger partial charge in [-0.3, -0.25) is 0 Å². The number of benzene rings is 1. The van der Waals surface area contributed by atoms with E-state index < -0.39 is 0 Å². The van der Waals surface area contributed by atoms with E-state index in [1.165, 1.54) is 12.4 Å². The Bertz CT molecular complexity index is 500. The fourth-order valence-corrected chi connectivity index (χ4v) is 1.52. The summed E-state index contributed by atoms with van der Waals surface area (Å²) in [5.74, 6) is -0.230.